The van der Waals surface area contributed by atoms with Crippen molar-refractivity contribution in [2.75, 3.05) is 18.0 Å². The minimum atomic E-state index is -0.233. The van der Waals surface area contributed by atoms with Gasteiger partial charge in [0, 0.05) is 29.7 Å². The van der Waals surface area contributed by atoms with Gasteiger partial charge in [-0.1, -0.05) is 0 Å². The molecule has 3 rings (SSSR count). The largest absolute Gasteiger partial charge is 0.330 e. The van der Waals surface area contributed by atoms with Crippen LogP contribution in [0, 0.1) is 5.82 Å². The lowest BCUT2D eigenvalue weighted by molar-refractivity contribution is 0.627. The summed E-state index contributed by atoms with van der Waals surface area (Å²) in [5.74, 6) is 1.26. The maximum Gasteiger partial charge on any atom is 0.209 e. The Morgan fingerprint density at radius 1 is 1.30 bits per heavy atom. The maximum atomic E-state index is 13.1. The molecule has 6 heteroatoms. The van der Waals surface area contributed by atoms with Crippen molar-refractivity contribution in [2.45, 2.75) is 25.2 Å². The van der Waals surface area contributed by atoms with Crippen molar-refractivity contribution in [3.05, 3.63) is 35.9 Å². The summed E-state index contributed by atoms with van der Waals surface area (Å²) in [5.41, 5.74) is 6.53. The third-order valence-corrected chi connectivity index (χ3v) is 4.08. The van der Waals surface area contributed by atoms with Crippen LogP contribution in [0.1, 0.15) is 31.0 Å². The van der Waals surface area contributed by atoms with Crippen LogP contribution in [-0.4, -0.2) is 22.4 Å². The van der Waals surface area contributed by atoms with Crippen LogP contribution in [-0.2, 0) is 0 Å². The van der Waals surface area contributed by atoms with Gasteiger partial charge in [-0.3, -0.25) is 0 Å². The van der Waals surface area contributed by atoms with Crippen molar-refractivity contribution >= 4 is 22.4 Å². The van der Waals surface area contributed by atoms with Gasteiger partial charge in [0.05, 0.1) is 0 Å². The minimum absolute atomic E-state index is 0.233. The van der Waals surface area contributed by atoms with Gasteiger partial charge in [-0.25, -0.2) is 9.37 Å². The molecule has 1 aromatic carbocycles. The zero-order valence-electron chi connectivity index (χ0n) is 11.1. The van der Waals surface area contributed by atoms with E-state index in [4.69, 9.17) is 5.73 Å². The molecule has 0 radical (unpaired) electrons. The molecule has 4 nitrogen and oxygen atoms in total. The van der Waals surface area contributed by atoms with Gasteiger partial charge in [0.25, 0.3) is 0 Å². The van der Waals surface area contributed by atoms with Crippen molar-refractivity contribution < 1.29 is 4.39 Å². The molecule has 1 aliphatic carbocycles. The minimum Gasteiger partial charge on any atom is -0.330 e. The smallest absolute Gasteiger partial charge is 0.209 e. The third-order valence-electron chi connectivity index (χ3n) is 3.33. The van der Waals surface area contributed by atoms with Gasteiger partial charge in [-0.15, -0.1) is 0 Å². The van der Waals surface area contributed by atoms with Gasteiger partial charge in [-0.2, -0.15) is 4.37 Å². The second kappa shape index (κ2) is 5.85. The normalized spacial score (nSPS) is 14.5. The molecule has 0 saturated heterocycles. The Balaban J connectivity index is 1.85. The van der Waals surface area contributed by atoms with Crippen LogP contribution in [0.5, 0.6) is 0 Å². The fourth-order valence-electron chi connectivity index (χ4n) is 2.05. The molecule has 1 fully saturated rings. The Bertz CT molecular complexity index is 565. The predicted octanol–water partition coefficient (Wildman–Crippen LogP) is 3.04. The summed E-state index contributed by atoms with van der Waals surface area (Å²) < 4.78 is 17.5. The Morgan fingerprint density at radius 3 is 2.70 bits per heavy atom. The van der Waals surface area contributed by atoms with E-state index in [-0.39, 0.29) is 5.82 Å². The highest BCUT2D eigenvalue weighted by Crippen LogP contribution is 2.40. The molecule has 1 aromatic heterocycles. The SMILES string of the molecule is NCCCN(c1ccc(F)cc1)c1nc(C2CC2)ns1. The Labute approximate surface area is 121 Å². The lowest BCUT2D eigenvalue weighted by Crippen LogP contribution is -2.20. The first-order chi connectivity index (χ1) is 9.78. The third kappa shape index (κ3) is 2.96. The second-order valence-corrected chi connectivity index (χ2v) is 5.71. The number of hydrogen-bond acceptors (Lipinski definition) is 5. The first kappa shape index (κ1) is 13.5. The topological polar surface area (TPSA) is 55.0 Å². The van der Waals surface area contributed by atoms with Crippen molar-refractivity contribution in [1.82, 2.24) is 9.36 Å². The van der Waals surface area contributed by atoms with E-state index in [1.807, 2.05) is 0 Å². The summed E-state index contributed by atoms with van der Waals surface area (Å²) in [6, 6.07) is 6.47. The van der Waals surface area contributed by atoms with Crippen molar-refractivity contribution in [2.24, 2.45) is 5.73 Å². The average molecular weight is 292 g/mol. The van der Waals surface area contributed by atoms with Crippen LogP contribution in [0.3, 0.4) is 0 Å². The second-order valence-electron chi connectivity index (χ2n) is 4.98. The molecule has 0 atom stereocenters. The standard InChI is InChI=1S/C14H17FN4S/c15-11-4-6-12(7-5-11)19(9-1-8-16)14-17-13(18-20-14)10-2-3-10/h4-7,10H,1-3,8-9,16H2. The number of rotatable bonds is 6. The van der Waals surface area contributed by atoms with E-state index in [1.54, 1.807) is 12.1 Å². The molecule has 0 spiro atoms. The fraction of sp³-hybridized carbons (Fsp3) is 0.429. The summed E-state index contributed by atoms with van der Waals surface area (Å²) in [4.78, 5) is 6.69. The summed E-state index contributed by atoms with van der Waals surface area (Å²) in [6.07, 6.45) is 3.24. The fourth-order valence-corrected chi connectivity index (χ4v) is 2.84. The van der Waals surface area contributed by atoms with Crippen molar-refractivity contribution in [1.29, 1.82) is 0 Å². The number of aromatic nitrogens is 2. The van der Waals surface area contributed by atoms with E-state index in [9.17, 15) is 4.39 Å². The molecule has 106 valence electrons. The van der Waals surface area contributed by atoms with E-state index in [1.165, 1.54) is 36.5 Å². The monoisotopic (exact) mass is 292 g/mol. The molecule has 1 saturated carbocycles. The van der Waals surface area contributed by atoms with E-state index in [0.29, 0.717) is 12.5 Å². The van der Waals surface area contributed by atoms with Crippen LogP contribution in [0.2, 0.25) is 0 Å². The van der Waals surface area contributed by atoms with Crippen LogP contribution in [0.25, 0.3) is 0 Å². The number of anilines is 2. The van der Waals surface area contributed by atoms with E-state index in [0.717, 1.165) is 29.6 Å². The zero-order chi connectivity index (χ0) is 13.9. The van der Waals surface area contributed by atoms with Crippen LogP contribution >= 0.6 is 11.5 Å². The van der Waals surface area contributed by atoms with Crippen LogP contribution in [0.4, 0.5) is 15.2 Å². The van der Waals surface area contributed by atoms with Crippen molar-refractivity contribution in [3.63, 3.8) is 0 Å². The Hall–Kier alpha value is -1.53. The molecule has 1 aliphatic rings. The number of halogens is 1. The molecule has 0 amide bonds. The number of nitrogens with two attached hydrogens (primary N) is 1. The van der Waals surface area contributed by atoms with Gasteiger partial charge in [0.1, 0.15) is 11.6 Å². The maximum absolute atomic E-state index is 13.1. The highest BCUT2D eigenvalue weighted by Gasteiger charge is 2.28. The number of hydrogen-bond donors (Lipinski definition) is 1. The summed E-state index contributed by atoms with van der Waals surface area (Å²) >= 11 is 1.41. The predicted molar refractivity (Wildman–Crippen MR) is 79.0 cm³/mol. The van der Waals surface area contributed by atoms with Crippen molar-refractivity contribution in [3.8, 4) is 0 Å². The molecule has 20 heavy (non-hydrogen) atoms. The lowest BCUT2D eigenvalue weighted by atomic mass is 10.2. The van der Waals surface area contributed by atoms with Gasteiger partial charge in [0.15, 0.2) is 0 Å². The van der Waals surface area contributed by atoms with Gasteiger partial charge in [-0.05, 0) is 50.1 Å². The quantitative estimate of drug-likeness (QED) is 0.889. The first-order valence-electron chi connectivity index (χ1n) is 6.84. The molecule has 0 bridgehead atoms. The highest BCUT2D eigenvalue weighted by molar-refractivity contribution is 7.09. The Morgan fingerprint density at radius 2 is 2.05 bits per heavy atom. The van der Waals surface area contributed by atoms with Crippen LogP contribution < -0.4 is 10.6 Å². The van der Waals surface area contributed by atoms with E-state index < -0.39 is 0 Å². The number of nitrogens with zero attached hydrogens (tertiary/aromatic N) is 3. The molecular weight excluding hydrogens is 275 g/mol. The molecule has 1 heterocycles. The molecule has 2 N–H and O–H groups in total. The highest BCUT2D eigenvalue weighted by atomic mass is 32.1. The number of benzene rings is 1. The summed E-state index contributed by atoms with van der Waals surface area (Å²) in [5, 5.41) is 0.868. The van der Waals surface area contributed by atoms with Gasteiger partial charge in [0.2, 0.25) is 5.13 Å². The van der Waals surface area contributed by atoms with Gasteiger partial charge < -0.3 is 10.6 Å². The first-order valence-corrected chi connectivity index (χ1v) is 7.62. The van der Waals surface area contributed by atoms with E-state index >= 15 is 0 Å². The lowest BCUT2D eigenvalue weighted by Gasteiger charge is -2.21. The van der Waals surface area contributed by atoms with E-state index in [2.05, 4.69) is 14.3 Å². The molecule has 2 aromatic rings. The molecule has 0 unspecified atom stereocenters. The summed E-state index contributed by atoms with van der Waals surface area (Å²) in [6.45, 7) is 1.38. The Kier molecular flexibility index (Phi) is 3.93. The van der Waals surface area contributed by atoms with Gasteiger partial charge >= 0.3 is 0 Å². The molecule has 0 aliphatic heterocycles. The average Bonchev–Trinajstić information content (AvgIpc) is 3.20. The summed E-state index contributed by atoms with van der Waals surface area (Å²) in [7, 11) is 0. The van der Waals surface area contributed by atoms with Crippen LogP contribution in [0.15, 0.2) is 24.3 Å². The zero-order valence-corrected chi connectivity index (χ0v) is 11.9. The molecular formula is C14H17FN4S.